The van der Waals surface area contributed by atoms with E-state index in [1.54, 1.807) is 7.11 Å². The van der Waals surface area contributed by atoms with Crippen LogP contribution in [0.4, 0.5) is 0 Å². The Hall–Kier alpha value is -0.120. The fraction of sp³-hybridized carbons (Fsp3) is 1.00. The van der Waals surface area contributed by atoms with Crippen LogP contribution in [0.25, 0.3) is 0 Å². The maximum absolute atomic E-state index is 5.71. The molecule has 1 aliphatic rings. The smallest absolute Gasteiger partial charge is 0.0589 e. The maximum atomic E-state index is 5.71. The van der Waals surface area contributed by atoms with Crippen LogP contribution < -0.4 is 5.73 Å². The zero-order valence-electron chi connectivity index (χ0n) is 11.0. The minimum Gasteiger partial charge on any atom is -0.383 e. The number of methoxy groups -OCH3 is 1. The summed E-state index contributed by atoms with van der Waals surface area (Å²) in [6.45, 7) is 7.43. The van der Waals surface area contributed by atoms with Gasteiger partial charge in [-0.3, -0.25) is 0 Å². The highest BCUT2D eigenvalue weighted by atomic mass is 16.5. The molecular formula is C13H28N2O. The predicted octanol–water partition coefficient (Wildman–Crippen LogP) is 1.72. The SMILES string of the molecule is CCN(CCOC)CC1CCC(CN)CC1. The number of nitrogens with two attached hydrogens (primary N) is 1. The Kier molecular flexibility index (Phi) is 7.01. The van der Waals surface area contributed by atoms with Crippen LogP contribution in [0.3, 0.4) is 0 Å². The van der Waals surface area contributed by atoms with Crippen molar-refractivity contribution in [1.82, 2.24) is 4.90 Å². The molecule has 1 rings (SSSR count). The van der Waals surface area contributed by atoms with Crippen molar-refractivity contribution in [2.75, 3.05) is 39.9 Å². The van der Waals surface area contributed by atoms with Crippen molar-refractivity contribution in [3.05, 3.63) is 0 Å². The lowest BCUT2D eigenvalue weighted by Crippen LogP contribution is -2.34. The van der Waals surface area contributed by atoms with Crippen LogP contribution >= 0.6 is 0 Å². The first-order valence-electron chi connectivity index (χ1n) is 6.71. The van der Waals surface area contributed by atoms with E-state index in [1.165, 1.54) is 32.2 Å². The van der Waals surface area contributed by atoms with Gasteiger partial charge < -0.3 is 15.4 Å². The quantitative estimate of drug-likeness (QED) is 0.721. The van der Waals surface area contributed by atoms with Crippen molar-refractivity contribution in [3.63, 3.8) is 0 Å². The van der Waals surface area contributed by atoms with Crippen LogP contribution in [0, 0.1) is 11.8 Å². The van der Waals surface area contributed by atoms with Crippen LogP contribution in [0.2, 0.25) is 0 Å². The molecular weight excluding hydrogens is 200 g/mol. The van der Waals surface area contributed by atoms with Gasteiger partial charge in [-0.05, 0) is 50.6 Å². The molecule has 2 N–H and O–H groups in total. The summed E-state index contributed by atoms with van der Waals surface area (Å²) in [5.41, 5.74) is 5.71. The highest BCUT2D eigenvalue weighted by molar-refractivity contribution is 4.75. The molecule has 3 heteroatoms. The van der Waals surface area contributed by atoms with Crippen molar-refractivity contribution in [1.29, 1.82) is 0 Å². The second kappa shape index (κ2) is 8.04. The number of nitrogens with zero attached hydrogens (tertiary/aromatic N) is 1. The molecule has 0 heterocycles. The zero-order valence-corrected chi connectivity index (χ0v) is 11.0. The molecule has 0 radical (unpaired) electrons. The topological polar surface area (TPSA) is 38.5 Å². The van der Waals surface area contributed by atoms with Gasteiger partial charge in [0.1, 0.15) is 0 Å². The van der Waals surface area contributed by atoms with E-state index in [4.69, 9.17) is 10.5 Å². The van der Waals surface area contributed by atoms with Crippen LogP contribution in [-0.2, 0) is 4.74 Å². The van der Waals surface area contributed by atoms with E-state index in [1.807, 2.05) is 0 Å². The Labute approximate surface area is 100 Å². The Balaban J connectivity index is 2.20. The van der Waals surface area contributed by atoms with E-state index in [-0.39, 0.29) is 0 Å². The minimum absolute atomic E-state index is 0.797. The minimum atomic E-state index is 0.797. The Morgan fingerprint density at radius 2 is 1.81 bits per heavy atom. The normalized spacial score (nSPS) is 26.2. The van der Waals surface area contributed by atoms with E-state index < -0.39 is 0 Å². The lowest BCUT2D eigenvalue weighted by atomic mass is 9.82. The van der Waals surface area contributed by atoms with Gasteiger partial charge in [0.25, 0.3) is 0 Å². The van der Waals surface area contributed by atoms with Crippen molar-refractivity contribution < 1.29 is 4.74 Å². The van der Waals surface area contributed by atoms with E-state index in [2.05, 4.69) is 11.8 Å². The molecule has 1 fully saturated rings. The average Bonchev–Trinajstić information content (AvgIpc) is 2.35. The number of rotatable bonds is 7. The van der Waals surface area contributed by atoms with E-state index in [0.29, 0.717) is 0 Å². The van der Waals surface area contributed by atoms with Gasteiger partial charge in [0.2, 0.25) is 0 Å². The predicted molar refractivity (Wildman–Crippen MR) is 68.5 cm³/mol. The van der Waals surface area contributed by atoms with Crippen LogP contribution in [0.1, 0.15) is 32.6 Å². The summed E-state index contributed by atoms with van der Waals surface area (Å²) in [5.74, 6) is 1.69. The Morgan fingerprint density at radius 1 is 1.19 bits per heavy atom. The molecule has 0 aromatic heterocycles. The fourth-order valence-corrected chi connectivity index (χ4v) is 2.61. The summed E-state index contributed by atoms with van der Waals surface area (Å²) in [6, 6.07) is 0. The van der Waals surface area contributed by atoms with E-state index in [0.717, 1.165) is 38.1 Å². The molecule has 0 aliphatic heterocycles. The molecule has 0 aromatic rings. The second-order valence-corrected chi connectivity index (χ2v) is 5.01. The van der Waals surface area contributed by atoms with Gasteiger partial charge in [-0.1, -0.05) is 6.92 Å². The highest BCUT2D eigenvalue weighted by Crippen LogP contribution is 2.28. The maximum Gasteiger partial charge on any atom is 0.0589 e. The van der Waals surface area contributed by atoms with Crippen LogP contribution in [0.15, 0.2) is 0 Å². The fourth-order valence-electron chi connectivity index (χ4n) is 2.61. The number of likely N-dealkylation sites (N-methyl/N-ethyl adjacent to an activating group) is 1. The van der Waals surface area contributed by atoms with Gasteiger partial charge in [0.15, 0.2) is 0 Å². The van der Waals surface area contributed by atoms with Crippen LogP contribution in [-0.4, -0.2) is 44.8 Å². The summed E-state index contributed by atoms with van der Waals surface area (Å²) < 4.78 is 5.14. The Bertz CT molecular complexity index is 167. The summed E-state index contributed by atoms with van der Waals surface area (Å²) in [6.07, 6.45) is 5.41. The van der Waals surface area contributed by atoms with E-state index in [9.17, 15) is 0 Å². The molecule has 0 bridgehead atoms. The molecule has 0 spiro atoms. The summed E-state index contributed by atoms with van der Waals surface area (Å²) in [5, 5.41) is 0. The molecule has 96 valence electrons. The molecule has 0 aromatic carbocycles. The molecule has 0 saturated heterocycles. The molecule has 1 aliphatic carbocycles. The van der Waals surface area contributed by atoms with Gasteiger partial charge in [0.05, 0.1) is 6.61 Å². The third-order valence-corrected chi connectivity index (χ3v) is 3.87. The van der Waals surface area contributed by atoms with Gasteiger partial charge in [-0.25, -0.2) is 0 Å². The summed E-state index contributed by atoms with van der Waals surface area (Å²) >= 11 is 0. The first-order valence-corrected chi connectivity index (χ1v) is 6.71. The lowest BCUT2D eigenvalue weighted by Gasteiger charge is -2.31. The number of hydrogen-bond donors (Lipinski definition) is 1. The largest absolute Gasteiger partial charge is 0.383 e. The highest BCUT2D eigenvalue weighted by Gasteiger charge is 2.21. The van der Waals surface area contributed by atoms with Gasteiger partial charge >= 0.3 is 0 Å². The molecule has 1 saturated carbocycles. The summed E-state index contributed by atoms with van der Waals surface area (Å²) in [7, 11) is 1.78. The summed E-state index contributed by atoms with van der Waals surface area (Å²) in [4.78, 5) is 2.51. The van der Waals surface area contributed by atoms with Gasteiger partial charge in [-0.15, -0.1) is 0 Å². The lowest BCUT2D eigenvalue weighted by molar-refractivity contribution is 0.128. The molecule has 0 amide bonds. The van der Waals surface area contributed by atoms with Crippen molar-refractivity contribution in [3.8, 4) is 0 Å². The van der Waals surface area contributed by atoms with Gasteiger partial charge in [0, 0.05) is 20.2 Å². The average molecular weight is 228 g/mol. The number of hydrogen-bond acceptors (Lipinski definition) is 3. The van der Waals surface area contributed by atoms with Crippen molar-refractivity contribution in [2.24, 2.45) is 17.6 Å². The molecule has 3 nitrogen and oxygen atoms in total. The first kappa shape index (κ1) is 13.9. The molecule has 16 heavy (non-hydrogen) atoms. The first-order chi connectivity index (χ1) is 7.80. The third-order valence-electron chi connectivity index (χ3n) is 3.87. The molecule has 0 unspecified atom stereocenters. The van der Waals surface area contributed by atoms with Crippen LogP contribution in [0.5, 0.6) is 0 Å². The van der Waals surface area contributed by atoms with Crippen molar-refractivity contribution >= 4 is 0 Å². The third kappa shape index (κ3) is 4.81. The monoisotopic (exact) mass is 228 g/mol. The zero-order chi connectivity index (χ0) is 11.8. The van der Waals surface area contributed by atoms with Crippen molar-refractivity contribution in [2.45, 2.75) is 32.6 Å². The Morgan fingerprint density at radius 3 is 2.31 bits per heavy atom. The second-order valence-electron chi connectivity index (χ2n) is 5.01. The molecule has 0 atom stereocenters. The standard InChI is InChI=1S/C13H28N2O/c1-3-15(8-9-16-2)11-13-6-4-12(10-14)5-7-13/h12-13H,3-11,14H2,1-2H3. The van der Waals surface area contributed by atoms with Gasteiger partial charge in [-0.2, -0.15) is 0 Å². The van der Waals surface area contributed by atoms with E-state index >= 15 is 0 Å². The number of ether oxygens (including phenoxy) is 1.